The second-order valence-electron chi connectivity index (χ2n) is 7.69. The molecule has 0 saturated heterocycles. The first-order valence-electron chi connectivity index (χ1n) is 10.0. The van der Waals surface area contributed by atoms with Gasteiger partial charge in [0.2, 0.25) is 0 Å². The van der Waals surface area contributed by atoms with Crippen LogP contribution in [0.3, 0.4) is 0 Å². The van der Waals surface area contributed by atoms with E-state index in [1.807, 2.05) is 18.2 Å². The van der Waals surface area contributed by atoms with Crippen molar-refractivity contribution in [3.8, 4) is 5.75 Å². The lowest BCUT2D eigenvalue weighted by atomic mass is 9.90. The predicted molar refractivity (Wildman–Crippen MR) is 110 cm³/mol. The minimum Gasteiger partial charge on any atom is -0.508 e. The van der Waals surface area contributed by atoms with Gasteiger partial charge in [0.05, 0.1) is 12.2 Å². The quantitative estimate of drug-likeness (QED) is 0.353. The number of Topliss-reactive ketones (excluding diaryl/α,β-unsaturated/α-hetero) is 1. The summed E-state index contributed by atoms with van der Waals surface area (Å²) < 4.78 is 0. The van der Waals surface area contributed by atoms with Crippen LogP contribution in [0.4, 0.5) is 0 Å². The predicted octanol–water partition coefficient (Wildman–Crippen LogP) is 2.93. The number of carbonyl (C=O) groups excluding carboxylic acids is 1. The Bertz CT molecular complexity index is 767. The number of carbonyl (C=O) groups is 2. The van der Waals surface area contributed by atoms with Gasteiger partial charge in [0, 0.05) is 31.1 Å². The molecule has 0 heterocycles. The standard InChI is InChI=1S/C23H30O6/c1-15-12-16(8-11-20(15)25)13-17(24)9-10-19-18(21(26)14-22(19)27)6-4-2-3-5-7-23(28)29/h2,4,8-12,17-19,22,24-25,27H,3,5-7,13-14H2,1H3,(H,28,29)/b4-2-,10-9+/t17-,18-,19-,22-/m1/s1. The fraction of sp³-hybridized carbons (Fsp3) is 0.478. The fourth-order valence-electron chi connectivity index (χ4n) is 3.67. The summed E-state index contributed by atoms with van der Waals surface area (Å²) in [4.78, 5) is 22.7. The number of carboxylic acid groups (broad SMARTS) is 1. The van der Waals surface area contributed by atoms with Crippen molar-refractivity contribution in [3.05, 3.63) is 53.6 Å². The SMILES string of the molecule is Cc1cc(C[C@H](O)/C=C/[C@H]2[C@H](O)CC(=O)[C@@H]2C/C=C\CCCC(=O)O)ccc1O. The summed E-state index contributed by atoms with van der Waals surface area (Å²) in [5.41, 5.74) is 1.63. The Hall–Kier alpha value is -2.44. The Balaban J connectivity index is 1.91. The number of carboxylic acids is 1. The number of aliphatic hydroxyl groups excluding tert-OH is 2. The molecule has 1 aromatic carbocycles. The van der Waals surface area contributed by atoms with Crippen molar-refractivity contribution in [2.24, 2.45) is 11.8 Å². The summed E-state index contributed by atoms with van der Waals surface area (Å²) in [6.45, 7) is 1.79. The summed E-state index contributed by atoms with van der Waals surface area (Å²) in [5, 5.41) is 38.7. The van der Waals surface area contributed by atoms with Crippen LogP contribution < -0.4 is 0 Å². The maximum Gasteiger partial charge on any atom is 0.303 e. The van der Waals surface area contributed by atoms with E-state index in [0.717, 1.165) is 11.1 Å². The Kier molecular flexibility index (Phi) is 8.61. The van der Waals surface area contributed by atoms with Crippen LogP contribution in [0.5, 0.6) is 5.75 Å². The van der Waals surface area contributed by atoms with E-state index in [4.69, 9.17) is 5.11 Å². The Morgan fingerprint density at radius 1 is 1.31 bits per heavy atom. The van der Waals surface area contributed by atoms with Crippen molar-refractivity contribution >= 4 is 11.8 Å². The van der Waals surface area contributed by atoms with Crippen LogP contribution in [0.1, 0.15) is 43.2 Å². The van der Waals surface area contributed by atoms with Gasteiger partial charge in [-0.3, -0.25) is 9.59 Å². The highest BCUT2D eigenvalue weighted by Gasteiger charge is 2.39. The first kappa shape index (κ1) is 22.8. The zero-order chi connectivity index (χ0) is 21.4. The first-order chi connectivity index (χ1) is 13.8. The van der Waals surface area contributed by atoms with Gasteiger partial charge < -0.3 is 20.4 Å². The minimum absolute atomic E-state index is 0.00554. The molecule has 1 aliphatic rings. The average Bonchev–Trinajstić information content (AvgIpc) is 2.92. The number of rotatable bonds is 10. The maximum absolute atomic E-state index is 12.2. The van der Waals surface area contributed by atoms with E-state index in [1.165, 1.54) is 0 Å². The highest BCUT2D eigenvalue weighted by molar-refractivity contribution is 5.84. The van der Waals surface area contributed by atoms with Gasteiger partial charge in [0.25, 0.3) is 0 Å². The molecule has 1 fully saturated rings. The van der Waals surface area contributed by atoms with Crippen molar-refractivity contribution in [2.75, 3.05) is 0 Å². The molecule has 0 spiro atoms. The van der Waals surface area contributed by atoms with Crippen LogP contribution >= 0.6 is 0 Å². The molecule has 1 aliphatic carbocycles. The van der Waals surface area contributed by atoms with Crippen molar-refractivity contribution in [1.82, 2.24) is 0 Å². The van der Waals surface area contributed by atoms with Crippen LogP contribution in [0, 0.1) is 18.8 Å². The van der Waals surface area contributed by atoms with Gasteiger partial charge in [-0.25, -0.2) is 0 Å². The van der Waals surface area contributed by atoms with E-state index in [9.17, 15) is 24.9 Å². The van der Waals surface area contributed by atoms with E-state index in [-0.39, 0.29) is 36.2 Å². The summed E-state index contributed by atoms with van der Waals surface area (Å²) in [6, 6.07) is 5.17. The molecule has 0 amide bonds. The average molecular weight is 402 g/mol. The summed E-state index contributed by atoms with van der Waals surface area (Å²) in [7, 11) is 0. The molecule has 0 aliphatic heterocycles. The molecular weight excluding hydrogens is 372 g/mol. The molecule has 1 aromatic rings. The summed E-state index contributed by atoms with van der Waals surface area (Å²) in [5.74, 6) is -1.28. The van der Waals surface area contributed by atoms with Crippen LogP contribution in [0.15, 0.2) is 42.5 Å². The zero-order valence-electron chi connectivity index (χ0n) is 16.7. The van der Waals surface area contributed by atoms with E-state index < -0.39 is 18.2 Å². The highest BCUT2D eigenvalue weighted by Crippen LogP contribution is 2.33. The number of allylic oxidation sites excluding steroid dienone is 2. The van der Waals surface area contributed by atoms with Gasteiger partial charge in [-0.2, -0.15) is 0 Å². The number of phenolic OH excluding ortho intramolecular Hbond substituents is 1. The lowest BCUT2D eigenvalue weighted by Gasteiger charge is -2.17. The Labute approximate surface area is 171 Å². The second kappa shape index (κ2) is 10.9. The van der Waals surface area contributed by atoms with Crippen LogP contribution in [-0.2, 0) is 16.0 Å². The molecule has 1 saturated carbocycles. The number of hydrogen-bond donors (Lipinski definition) is 4. The summed E-state index contributed by atoms with van der Waals surface area (Å²) in [6.07, 6.45) is 7.89. The monoisotopic (exact) mass is 402 g/mol. The molecule has 4 N–H and O–H groups in total. The molecule has 0 unspecified atom stereocenters. The van der Waals surface area contributed by atoms with Gasteiger partial charge in [-0.05, 0) is 43.4 Å². The molecular formula is C23H30O6. The smallest absolute Gasteiger partial charge is 0.303 e. The van der Waals surface area contributed by atoms with Gasteiger partial charge >= 0.3 is 5.97 Å². The number of aliphatic hydroxyl groups is 2. The molecule has 0 radical (unpaired) electrons. The molecule has 29 heavy (non-hydrogen) atoms. The fourth-order valence-corrected chi connectivity index (χ4v) is 3.67. The first-order valence-corrected chi connectivity index (χ1v) is 10.0. The number of unbranched alkanes of at least 4 members (excludes halogenated alkanes) is 1. The second-order valence-corrected chi connectivity index (χ2v) is 7.69. The Morgan fingerprint density at radius 3 is 2.76 bits per heavy atom. The van der Waals surface area contributed by atoms with Gasteiger partial charge in [0.15, 0.2) is 0 Å². The molecule has 4 atom stereocenters. The lowest BCUT2D eigenvalue weighted by Crippen LogP contribution is -2.19. The number of benzene rings is 1. The van der Waals surface area contributed by atoms with E-state index in [2.05, 4.69) is 0 Å². The van der Waals surface area contributed by atoms with Gasteiger partial charge in [-0.1, -0.05) is 36.4 Å². The van der Waals surface area contributed by atoms with Crippen molar-refractivity contribution < 1.29 is 30.0 Å². The minimum atomic E-state index is -0.821. The van der Waals surface area contributed by atoms with Crippen molar-refractivity contribution in [1.29, 1.82) is 0 Å². The van der Waals surface area contributed by atoms with Crippen LogP contribution in [0.25, 0.3) is 0 Å². The Morgan fingerprint density at radius 2 is 2.07 bits per heavy atom. The number of hydrogen-bond acceptors (Lipinski definition) is 5. The third-order valence-corrected chi connectivity index (χ3v) is 5.31. The number of aromatic hydroxyl groups is 1. The largest absolute Gasteiger partial charge is 0.508 e. The molecule has 0 aromatic heterocycles. The molecule has 6 nitrogen and oxygen atoms in total. The number of ketones is 1. The van der Waals surface area contributed by atoms with Gasteiger partial charge in [0.1, 0.15) is 11.5 Å². The number of aryl methyl sites for hydroxylation is 1. The van der Waals surface area contributed by atoms with E-state index in [1.54, 1.807) is 31.2 Å². The normalized spacial score (nSPS) is 23.3. The molecule has 2 rings (SSSR count). The molecule has 6 heteroatoms. The molecule has 158 valence electrons. The highest BCUT2D eigenvalue weighted by atomic mass is 16.4. The van der Waals surface area contributed by atoms with E-state index >= 15 is 0 Å². The van der Waals surface area contributed by atoms with Crippen LogP contribution in [-0.4, -0.2) is 44.4 Å². The van der Waals surface area contributed by atoms with Gasteiger partial charge in [-0.15, -0.1) is 0 Å². The third-order valence-electron chi connectivity index (χ3n) is 5.31. The topological polar surface area (TPSA) is 115 Å². The zero-order valence-corrected chi connectivity index (χ0v) is 16.7. The third kappa shape index (κ3) is 7.15. The lowest BCUT2D eigenvalue weighted by molar-refractivity contribution is -0.137. The number of phenols is 1. The molecule has 0 bridgehead atoms. The van der Waals surface area contributed by atoms with Crippen LogP contribution in [0.2, 0.25) is 0 Å². The van der Waals surface area contributed by atoms with Crippen molar-refractivity contribution in [2.45, 2.75) is 57.7 Å². The summed E-state index contributed by atoms with van der Waals surface area (Å²) >= 11 is 0. The number of aliphatic carboxylic acids is 1. The van der Waals surface area contributed by atoms with E-state index in [0.29, 0.717) is 25.7 Å². The maximum atomic E-state index is 12.2. The van der Waals surface area contributed by atoms with Crippen molar-refractivity contribution in [3.63, 3.8) is 0 Å².